The van der Waals surface area contributed by atoms with E-state index in [9.17, 15) is 0 Å². The molecule has 0 aliphatic carbocycles. The van der Waals surface area contributed by atoms with Gasteiger partial charge in [-0.05, 0) is 24.5 Å². The van der Waals surface area contributed by atoms with Crippen molar-refractivity contribution in [3.63, 3.8) is 0 Å². The minimum Gasteiger partial charge on any atom is -0.380 e. The van der Waals surface area contributed by atoms with E-state index in [1.54, 1.807) is 7.05 Å². The second-order valence-corrected chi connectivity index (χ2v) is 5.14. The SMILES string of the molecule is CN=C(NCCOCCC(C)C)NCCn1cccc1. The van der Waals surface area contributed by atoms with E-state index in [1.807, 2.05) is 12.1 Å². The first-order valence-electron chi connectivity index (χ1n) is 7.35. The van der Waals surface area contributed by atoms with E-state index in [4.69, 9.17) is 4.74 Å². The molecule has 0 bridgehead atoms. The van der Waals surface area contributed by atoms with Gasteiger partial charge in [-0.15, -0.1) is 0 Å². The topological polar surface area (TPSA) is 50.6 Å². The van der Waals surface area contributed by atoms with Gasteiger partial charge in [-0.3, -0.25) is 4.99 Å². The van der Waals surface area contributed by atoms with Crippen LogP contribution in [0.15, 0.2) is 29.5 Å². The Labute approximate surface area is 122 Å². The van der Waals surface area contributed by atoms with Crippen LogP contribution in [-0.2, 0) is 11.3 Å². The van der Waals surface area contributed by atoms with Crippen LogP contribution in [0, 0.1) is 5.92 Å². The van der Waals surface area contributed by atoms with Crippen molar-refractivity contribution in [3.8, 4) is 0 Å². The Balaban J connectivity index is 2.02. The highest BCUT2D eigenvalue weighted by Crippen LogP contribution is 1.98. The molecule has 0 aliphatic rings. The summed E-state index contributed by atoms with van der Waals surface area (Å²) in [7, 11) is 1.78. The number of nitrogens with one attached hydrogen (secondary N) is 2. The summed E-state index contributed by atoms with van der Waals surface area (Å²) in [4.78, 5) is 4.18. The zero-order valence-corrected chi connectivity index (χ0v) is 12.9. The molecule has 5 nitrogen and oxygen atoms in total. The maximum absolute atomic E-state index is 5.55. The van der Waals surface area contributed by atoms with Crippen LogP contribution >= 0.6 is 0 Å². The summed E-state index contributed by atoms with van der Waals surface area (Å²) in [5.74, 6) is 1.52. The second kappa shape index (κ2) is 10.3. The van der Waals surface area contributed by atoms with Crippen molar-refractivity contribution < 1.29 is 4.74 Å². The van der Waals surface area contributed by atoms with Crippen LogP contribution in [0.3, 0.4) is 0 Å². The van der Waals surface area contributed by atoms with Crippen LogP contribution < -0.4 is 10.6 Å². The summed E-state index contributed by atoms with van der Waals surface area (Å²) < 4.78 is 7.69. The highest BCUT2D eigenvalue weighted by atomic mass is 16.5. The van der Waals surface area contributed by atoms with Gasteiger partial charge in [0.1, 0.15) is 0 Å². The van der Waals surface area contributed by atoms with Gasteiger partial charge in [-0.2, -0.15) is 0 Å². The standard InChI is InChI=1S/C15H28N4O/c1-14(2)6-12-20-13-8-18-15(16-3)17-7-11-19-9-4-5-10-19/h4-5,9-10,14H,6-8,11-13H2,1-3H3,(H2,16,17,18). The number of aromatic nitrogens is 1. The molecule has 5 heteroatoms. The normalized spacial score (nSPS) is 11.9. The monoisotopic (exact) mass is 280 g/mol. The van der Waals surface area contributed by atoms with Crippen molar-refractivity contribution in [2.75, 3.05) is 33.4 Å². The Morgan fingerprint density at radius 3 is 2.50 bits per heavy atom. The molecule has 0 saturated heterocycles. The Hall–Kier alpha value is -1.49. The van der Waals surface area contributed by atoms with Crippen molar-refractivity contribution in [2.24, 2.45) is 10.9 Å². The fourth-order valence-corrected chi connectivity index (χ4v) is 1.71. The second-order valence-electron chi connectivity index (χ2n) is 5.14. The molecule has 20 heavy (non-hydrogen) atoms. The lowest BCUT2D eigenvalue weighted by Crippen LogP contribution is -2.40. The van der Waals surface area contributed by atoms with Crippen LogP contribution in [0.5, 0.6) is 0 Å². The number of nitrogens with zero attached hydrogens (tertiary/aromatic N) is 2. The maximum Gasteiger partial charge on any atom is 0.191 e. The molecule has 0 amide bonds. The minimum absolute atomic E-state index is 0.700. The van der Waals surface area contributed by atoms with Gasteiger partial charge in [0.15, 0.2) is 5.96 Å². The number of ether oxygens (including phenoxy) is 1. The van der Waals surface area contributed by atoms with Crippen LogP contribution in [0.1, 0.15) is 20.3 Å². The third kappa shape index (κ3) is 7.84. The first-order valence-corrected chi connectivity index (χ1v) is 7.35. The van der Waals surface area contributed by atoms with E-state index in [2.05, 4.69) is 46.4 Å². The van der Waals surface area contributed by atoms with Gasteiger partial charge in [0.05, 0.1) is 6.61 Å². The van der Waals surface area contributed by atoms with E-state index in [-0.39, 0.29) is 0 Å². The molecule has 0 aliphatic heterocycles. The molecule has 0 radical (unpaired) electrons. The van der Waals surface area contributed by atoms with Crippen molar-refractivity contribution in [2.45, 2.75) is 26.8 Å². The third-order valence-corrected chi connectivity index (χ3v) is 2.93. The number of guanidine groups is 1. The van der Waals surface area contributed by atoms with E-state index < -0.39 is 0 Å². The summed E-state index contributed by atoms with van der Waals surface area (Å²) >= 11 is 0. The molecule has 0 saturated carbocycles. The van der Waals surface area contributed by atoms with Crippen molar-refractivity contribution >= 4 is 5.96 Å². The molecular formula is C15H28N4O. The van der Waals surface area contributed by atoms with Crippen LogP contribution in [0.25, 0.3) is 0 Å². The van der Waals surface area contributed by atoms with Crippen LogP contribution in [0.4, 0.5) is 0 Å². The number of aliphatic imine (C=N–C) groups is 1. The first-order chi connectivity index (χ1) is 9.72. The Bertz CT molecular complexity index is 360. The average Bonchev–Trinajstić information content (AvgIpc) is 2.93. The Kier molecular flexibility index (Phi) is 8.54. The number of rotatable bonds is 9. The largest absolute Gasteiger partial charge is 0.380 e. The molecule has 1 rings (SSSR count). The lowest BCUT2D eigenvalue weighted by molar-refractivity contribution is 0.128. The van der Waals surface area contributed by atoms with Gasteiger partial charge in [-0.25, -0.2) is 0 Å². The third-order valence-electron chi connectivity index (χ3n) is 2.93. The lowest BCUT2D eigenvalue weighted by Gasteiger charge is -2.12. The van der Waals surface area contributed by atoms with Crippen molar-refractivity contribution in [1.29, 1.82) is 0 Å². The van der Waals surface area contributed by atoms with Gasteiger partial charge in [-0.1, -0.05) is 13.8 Å². The van der Waals surface area contributed by atoms with E-state index in [0.29, 0.717) is 12.5 Å². The van der Waals surface area contributed by atoms with Crippen LogP contribution in [-0.4, -0.2) is 43.9 Å². The fraction of sp³-hybridized carbons (Fsp3) is 0.667. The fourth-order valence-electron chi connectivity index (χ4n) is 1.71. The Morgan fingerprint density at radius 1 is 1.15 bits per heavy atom. The molecule has 0 aromatic carbocycles. The highest BCUT2D eigenvalue weighted by Gasteiger charge is 1.97. The number of hydrogen-bond donors (Lipinski definition) is 2. The average molecular weight is 280 g/mol. The molecular weight excluding hydrogens is 252 g/mol. The van der Waals surface area contributed by atoms with Crippen molar-refractivity contribution in [1.82, 2.24) is 15.2 Å². The molecule has 1 aromatic rings. The first kappa shape index (κ1) is 16.6. The van der Waals surface area contributed by atoms with Gasteiger partial charge in [0.25, 0.3) is 0 Å². The molecule has 0 atom stereocenters. The zero-order chi connectivity index (χ0) is 14.6. The predicted molar refractivity (Wildman–Crippen MR) is 84.1 cm³/mol. The summed E-state index contributed by atoms with van der Waals surface area (Å²) in [5.41, 5.74) is 0. The molecule has 2 N–H and O–H groups in total. The smallest absolute Gasteiger partial charge is 0.191 e. The van der Waals surface area contributed by atoms with Gasteiger partial charge < -0.3 is 19.9 Å². The van der Waals surface area contributed by atoms with E-state index >= 15 is 0 Å². The summed E-state index contributed by atoms with van der Waals surface area (Å²) in [6.07, 6.45) is 5.23. The molecule has 114 valence electrons. The summed E-state index contributed by atoms with van der Waals surface area (Å²) in [6, 6.07) is 4.06. The van der Waals surface area contributed by atoms with E-state index in [1.165, 1.54) is 0 Å². The van der Waals surface area contributed by atoms with Gasteiger partial charge >= 0.3 is 0 Å². The summed E-state index contributed by atoms with van der Waals surface area (Å²) in [5, 5.41) is 6.52. The maximum atomic E-state index is 5.55. The van der Waals surface area contributed by atoms with Crippen LogP contribution in [0.2, 0.25) is 0 Å². The molecule has 1 aromatic heterocycles. The zero-order valence-electron chi connectivity index (χ0n) is 12.9. The predicted octanol–water partition coefficient (Wildman–Crippen LogP) is 1.72. The number of hydrogen-bond acceptors (Lipinski definition) is 2. The Morgan fingerprint density at radius 2 is 1.85 bits per heavy atom. The molecule has 0 fully saturated rings. The highest BCUT2D eigenvalue weighted by molar-refractivity contribution is 5.79. The summed E-state index contributed by atoms with van der Waals surface area (Å²) in [6.45, 7) is 8.52. The van der Waals surface area contributed by atoms with E-state index in [0.717, 1.165) is 38.6 Å². The van der Waals surface area contributed by atoms with Crippen molar-refractivity contribution in [3.05, 3.63) is 24.5 Å². The molecule has 1 heterocycles. The molecule has 0 spiro atoms. The molecule has 0 unspecified atom stereocenters. The minimum atomic E-state index is 0.700. The quantitative estimate of drug-likeness (QED) is 0.411. The lowest BCUT2D eigenvalue weighted by atomic mass is 10.1. The van der Waals surface area contributed by atoms with Gasteiger partial charge in [0.2, 0.25) is 0 Å². The van der Waals surface area contributed by atoms with Gasteiger partial charge in [0, 0.05) is 45.7 Å².